The van der Waals surface area contributed by atoms with E-state index in [-0.39, 0.29) is 11.8 Å². The molecule has 2 amide bonds. The highest BCUT2D eigenvalue weighted by atomic mass is 79.9. The number of carbonyl (C=O) groups excluding carboxylic acids is 2. The van der Waals surface area contributed by atoms with Crippen LogP contribution in [-0.4, -0.2) is 35.8 Å². The Balaban J connectivity index is 2.02. The minimum absolute atomic E-state index is 0.183. The minimum Gasteiger partial charge on any atom is -0.314 e. The molecule has 0 saturated heterocycles. The van der Waals surface area contributed by atoms with Gasteiger partial charge in [-0.05, 0) is 31.2 Å². The van der Waals surface area contributed by atoms with Gasteiger partial charge < -0.3 is 5.32 Å². The number of nitrogens with zero attached hydrogens (tertiary/aromatic N) is 1. The number of carbonyl (C=O) groups is 2. The number of imide groups is 1. The summed E-state index contributed by atoms with van der Waals surface area (Å²) in [7, 11) is 0. The molecule has 1 aliphatic heterocycles. The molecule has 0 atom stereocenters. The first-order valence-corrected chi connectivity index (χ1v) is 7.19. The zero-order valence-corrected chi connectivity index (χ0v) is 12.7. The molecule has 1 aliphatic rings. The van der Waals surface area contributed by atoms with Crippen molar-refractivity contribution in [2.24, 2.45) is 0 Å². The summed E-state index contributed by atoms with van der Waals surface area (Å²) in [4.78, 5) is 25.6. The van der Waals surface area contributed by atoms with Gasteiger partial charge in [0.2, 0.25) is 0 Å². The van der Waals surface area contributed by atoms with Crippen molar-refractivity contribution in [1.29, 1.82) is 0 Å². The van der Waals surface area contributed by atoms with Gasteiger partial charge in [-0.2, -0.15) is 0 Å². The molecule has 0 unspecified atom stereocenters. The number of benzene rings is 1. The molecule has 0 radical (unpaired) electrons. The zero-order valence-electron chi connectivity index (χ0n) is 11.1. The van der Waals surface area contributed by atoms with E-state index >= 15 is 0 Å². The number of rotatable bonds is 5. The van der Waals surface area contributed by atoms with Crippen molar-refractivity contribution in [3.8, 4) is 0 Å². The van der Waals surface area contributed by atoms with E-state index in [0.717, 1.165) is 17.4 Å². The summed E-state index contributed by atoms with van der Waals surface area (Å²) in [6, 6.07) is 5.61. The molecule has 0 fully saturated rings. The normalized spacial score (nSPS) is 14.4. The third kappa shape index (κ3) is 3.04. The molecule has 102 valence electrons. The van der Waals surface area contributed by atoms with Crippen molar-refractivity contribution in [3.05, 3.63) is 33.8 Å². The van der Waals surface area contributed by atoms with Gasteiger partial charge in [0, 0.05) is 17.1 Å². The van der Waals surface area contributed by atoms with Gasteiger partial charge in [0.25, 0.3) is 11.8 Å². The molecule has 4 nitrogen and oxygen atoms in total. The second-order valence-corrected chi connectivity index (χ2v) is 5.83. The summed E-state index contributed by atoms with van der Waals surface area (Å²) in [5.74, 6) is -0.372. The second kappa shape index (κ2) is 5.84. The highest BCUT2D eigenvalue weighted by Gasteiger charge is 2.34. The Labute approximate surface area is 121 Å². The van der Waals surface area contributed by atoms with Gasteiger partial charge in [-0.15, -0.1) is 0 Å². The van der Waals surface area contributed by atoms with Crippen molar-refractivity contribution in [2.75, 3.05) is 13.1 Å². The minimum atomic E-state index is -0.189. The molecule has 0 bridgehead atoms. The van der Waals surface area contributed by atoms with Gasteiger partial charge in [-0.3, -0.25) is 14.5 Å². The van der Waals surface area contributed by atoms with Crippen molar-refractivity contribution in [3.63, 3.8) is 0 Å². The summed E-state index contributed by atoms with van der Waals surface area (Å²) >= 11 is 3.32. The van der Waals surface area contributed by atoms with Gasteiger partial charge >= 0.3 is 0 Å². The molecule has 0 aliphatic carbocycles. The second-order valence-electron chi connectivity index (χ2n) is 4.91. The molecular formula is C14H17BrN2O2. The molecule has 0 saturated carbocycles. The largest absolute Gasteiger partial charge is 0.314 e. The molecule has 19 heavy (non-hydrogen) atoms. The SMILES string of the molecule is CC(C)NCCCN1C(=O)c2ccc(Br)cc2C1=O. The Hall–Kier alpha value is -1.20. The number of hydrogen-bond acceptors (Lipinski definition) is 3. The Bertz CT molecular complexity index is 514. The molecule has 1 aromatic carbocycles. The standard InChI is InChI=1S/C14H17BrN2O2/c1-9(2)16-6-3-7-17-13(18)11-5-4-10(15)8-12(11)14(17)19/h4-5,8-9,16H,3,6-7H2,1-2H3. The molecule has 0 aromatic heterocycles. The lowest BCUT2D eigenvalue weighted by atomic mass is 10.1. The van der Waals surface area contributed by atoms with Gasteiger partial charge in [-0.1, -0.05) is 29.8 Å². The van der Waals surface area contributed by atoms with Crippen LogP contribution in [0.2, 0.25) is 0 Å². The van der Waals surface area contributed by atoms with E-state index in [4.69, 9.17) is 0 Å². The quantitative estimate of drug-likeness (QED) is 0.668. The van der Waals surface area contributed by atoms with E-state index in [0.29, 0.717) is 23.7 Å². The van der Waals surface area contributed by atoms with Gasteiger partial charge in [0.05, 0.1) is 11.1 Å². The van der Waals surface area contributed by atoms with Crippen LogP contribution in [0.4, 0.5) is 0 Å². The maximum absolute atomic E-state index is 12.2. The molecule has 1 aromatic rings. The van der Waals surface area contributed by atoms with Gasteiger partial charge in [0.15, 0.2) is 0 Å². The zero-order chi connectivity index (χ0) is 14.0. The van der Waals surface area contributed by atoms with Crippen LogP contribution < -0.4 is 5.32 Å². The maximum Gasteiger partial charge on any atom is 0.261 e. The first kappa shape index (κ1) is 14.2. The number of fused-ring (bicyclic) bond motifs is 1. The lowest BCUT2D eigenvalue weighted by Gasteiger charge is -2.14. The fourth-order valence-electron chi connectivity index (χ4n) is 2.09. The van der Waals surface area contributed by atoms with Crippen LogP contribution in [-0.2, 0) is 0 Å². The number of halogens is 1. The van der Waals surface area contributed by atoms with E-state index in [2.05, 4.69) is 35.1 Å². The van der Waals surface area contributed by atoms with Crippen molar-refractivity contribution in [1.82, 2.24) is 10.2 Å². The third-order valence-corrected chi connectivity index (χ3v) is 3.54. The van der Waals surface area contributed by atoms with Gasteiger partial charge in [-0.25, -0.2) is 0 Å². The summed E-state index contributed by atoms with van der Waals surface area (Å²) in [5, 5.41) is 3.27. The lowest BCUT2D eigenvalue weighted by Crippen LogP contribution is -2.33. The van der Waals surface area contributed by atoms with Crippen molar-refractivity contribution in [2.45, 2.75) is 26.3 Å². The predicted octanol–water partition coefficient (Wildman–Crippen LogP) is 2.43. The molecule has 1 heterocycles. The van der Waals surface area contributed by atoms with E-state index in [1.807, 2.05) is 0 Å². The van der Waals surface area contributed by atoms with Crippen LogP contribution in [0, 0.1) is 0 Å². The molecule has 0 spiro atoms. The summed E-state index contributed by atoms with van der Waals surface area (Å²) in [6.07, 6.45) is 0.769. The summed E-state index contributed by atoms with van der Waals surface area (Å²) < 4.78 is 0.815. The van der Waals surface area contributed by atoms with E-state index in [1.54, 1.807) is 18.2 Å². The Morgan fingerprint density at radius 2 is 1.89 bits per heavy atom. The fraction of sp³-hybridized carbons (Fsp3) is 0.429. The summed E-state index contributed by atoms with van der Waals surface area (Å²) in [6.45, 7) is 5.40. The van der Waals surface area contributed by atoms with Crippen LogP contribution in [0.3, 0.4) is 0 Å². The van der Waals surface area contributed by atoms with Crippen LogP contribution >= 0.6 is 15.9 Å². The topological polar surface area (TPSA) is 49.4 Å². The van der Waals surface area contributed by atoms with Crippen LogP contribution in [0.5, 0.6) is 0 Å². The first-order valence-electron chi connectivity index (χ1n) is 6.40. The van der Waals surface area contributed by atoms with Crippen LogP contribution in [0.25, 0.3) is 0 Å². The molecule has 1 N–H and O–H groups in total. The average Bonchev–Trinajstić information content (AvgIpc) is 2.58. The predicted molar refractivity (Wildman–Crippen MR) is 77.3 cm³/mol. The highest BCUT2D eigenvalue weighted by molar-refractivity contribution is 9.10. The van der Waals surface area contributed by atoms with Crippen LogP contribution in [0.1, 0.15) is 41.0 Å². The molecule has 5 heteroatoms. The van der Waals surface area contributed by atoms with E-state index in [9.17, 15) is 9.59 Å². The monoisotopic (exact) mass is 324 g/mol. The lowest BCUT2D eigenvalue weighted by molar-refractivity contribution is 0.0652. The van der Waals surface area contributed by atoms with E-state index < -0.39 is 0 Å². The average molecular weight is 325 g/mol. The molecule has 2 rings (SSSR count). The third-order valence-electron chi connectivity index (χ3n) is 3.04. The number of nitrogens with one attached hydrogen (secondary N) is 1. The summed E-state index contributed by atoms with van der Waals surface area (Å²) in [5.41, 5.74) is 1.00. The van der Waals surface area contributed by atoms with Crippen molar-refractivity contribution >= 4 is 27.7 Å². The fourth-order valence-corrected chi connectivity index (χ4v) is 2.46. The van der Waals surface area contributed by atoms with Crippen LogP contribution in [0.15, 0.2) is 22.7 Å². The number of amides is 2. The number of hydrogen-bond donors (Lipinski definition) is 1. The first-order chi connectivity index (χ1) is 9.00. The Morgan fingerprint density at radius 3 is 2.58 bits per heavy atom. The Morgan fingerprint density at radius 1 is 1.21 bits per heavy atom. The van der Waals surface area contributed by atoms with Crippen molar-refractivity contribution < 1.29 is 9.59 Å². The van der Waals surface area contributed by atoms with E-state index in [1.165, 1.54) is 4.90 Å². The Kier molecular flexibility index (Phi) is 4.37. The highest BCUT2D eigenvalue weighted by Crippen LogP contribution is 2.25. The van der Waals surface area contributed by atoms with Gasteiger partial charge in [0.1, 0.15) is 0 Å². The smallest absolute Gasteiger partial charge is 0.261 e. The maximum atomic E-state index is 12.2. The molecular weight excluding hydrogens is 308 g/mol.